The Kier molecular flexibility index (Phi) is 5.20. The summed E-state index contributed by atoms with van der Waals surface area (Å²) in [4.78, 5) is 14.7. The minimum absolute atomic E-state index is 0.0135. The van der Waals surface area contributed by atoms with Crippen LogP contribution in [0.25, 0.3) is 11.1 Å². The molecule has 2 aromatic rings. The van der Waals surface area contributed by atoms with Gasteiger partial charge in [-0.15, -0.1) is 0 Å². The Morgan fingerprint density at radius 3 is 2.57 bits per heavy atom. The van der Waals surface area contributed by atoms with Gasteiger partial charge in [0.05, 0.1) is 11.7 Å². The molecule has 4 nitrogen and oxygen atoms in total. The minimum Gasteiger partial charge on any atom is -0.432 e. The predicted octanol–water partition coefficient (Wildman–Crippen LogP) is 5.98. The molecule has 1 N–H and O–H groups in total. The fraction of sp³-hybridized carbons (Fsp3) is 0.458. The zero-order valence-electron chi connectivity index (χ0n) is 17.8. The summed E-state index contributed by atoms with van der Waals surface area (Å²) in [5, 5.41) is 3.29. The molecule has 0 radical (unpaired) electrons. The number of anilines is 1. The second kappa shape index (κ2) is 7.56. The SMILES string of the molecule is C[C@@H]1c2ccc(-c3cccc(NC4CC4)c3OC(F)F)cc2CN1C(=O)C(C)(C)C. The molecule has 4 rings (SSSR count). The summed E-state index contributed by atoms with van der Waals surface area (Å²) in [5.74, 6) is 0.276. The van der Waals surface area contributed by atoms with Gasteiger partial charge in [-0.3, -0.25) is 4.79 Å². The number of carbonyl (C=O) groups excluding carboxylic acids is 1. The highest BCUT2D eigenvalue weighted by molar-refractivity contribution is 5.83. The van der Waals surface area contributed by atoms with Gasteiger partial charge >= 0.3 is 6.61 Å². The van der Waals surface area contributed by atoms with E-state index in [1.54, 1.807) is 12.1 Å². The van der Waals surface area contributed by atoms with E-state index in [1.165, 1.54) is 0 Å². The molecule has 0 bridgehead atoms. The van der Waals surface area contributed by atoms with Crippen molar-refractivity contribution in [3.05, 3.63) is 47.5 Å². The van der Waals surface area contributed by atoms with Crippen molar-refractivity contribution < 1.29 is 18.3 Å². The number of halogens is 2. The summed E-state index contributed by atoms with van der Waals surface area (Å²) >= 11 is 0. The third-order valence-corrected chi connectivity index (χ3v) is 5.77. The van der Waals surface area contributed by atoms with Crippen LogP contribution in [0.3, 0.4) is 0 Å². The summed E-state index contributed by atoms with van der Waals surface area (Å²) < 4.78 is 31.3. The van der Waals surface area contributed by atoms with Crippen LogP contribution in [-0.2, 0) is 11.3 Å². The number of nitrogens with zero attached hydrogens (tertiary/aromatic N) is 1. The molecule has 1 saturated carbocycles. The molecule has 160 valence electrons. The Morgan fingerprint density at radius 2 is 1.93 bits per heavy atom. The second-order valence-electron chi connectivity index (χ2n) is 9.25. The molecule has 2 aliphatic rings. The van der Waals surface area contributed by atoms with Gasteiger partial charge in [-0.2, -0.15) is 8.78 Å². The van der Waals surface area contributed by atoms with Crippen LogP contribution in [0.5, 0.6) is 5.75 Å². The van der Waals surface area contributed by atoms with Crippen molar-refractivity contribution in [2.45, 2.75) is 65.8 Å². The minimum atomic E-state index is -2.90. The van der Waals surface area contributed by atoms with E-state index in [-0.39, 0.29) is 17.7 Å². The lowest BCUT2D eigenvalue weighted by molar-refractivity contribution is -0.141. The van der Waals surface area contributed by atoms with Crippen molar-refractivity contribution in [2.75, 3.05) is 5.32 Å². The van der Waals surface area contributed by atoms with Crippen LogP contribution in [-0.4, -0.2) is 23.5 Å². The quantitative estimate of drug-likeness (QED) is 0.654. The highest BCUT2D eigenvalue weighted by atomic mass is 19.3. The van der Waals surface area contributed by atoms with Gasteiger partial charge in [0.2, 0.25) is 5.91 Å². The largest absolute Gasteiger partial charge is 0.432 e. The number of amides is 1. The first-order valence-corrected chi connectivity index (χ1v) is 10.4. The number of alkyl halides is 2. The van der Waals surface area contributed by atoms with Crippen LogP contribution in [0.1, 0.15) is 57.7 Å². The van der Waals surface area contributed by atoms with Gasteiger partial charge in [-0.25, -0.2) is 0 Å². The van der Waals surface area contributed by atoms with Crippen molar-refractivity contribution >= 4 is 11.6 Å². The lowest BCUT2D eigenvalue weighted by Gasteiger charge is -2.29. The number of benzene rings is 2. The number of hydrogen-bond donors (Lipinski definition) is 1. The number of ether oxygens (including phenoxy) is 1. The zero-order valence-corrected chi connectivity index (χ0v) is 17.8. The molecule has 1 heterocycles. The fourth-order valence-electron chi connectivity index (χ4n) is 4.03. The Labute approximate surface area is 176 Å². The Bertz CT molecular complexity index is 964. The Hall–Kier alpha value is -2.63. The summed E-state index contributed by atoms with van der Waals surface area (Å²) in [5.41, 5.74) is 3.70. The normalized spacial score (nSPS) is 18.5. The zero-order chi connectivity index (χ0) is 21.6. The van der Waals surface area contributed by atoms with E-state index in [4.69, 9.17) is 4.74 Å². The Balaban J connectivity index is 1.70. The van der Waals surface area contributed by atoms with E-state index in [1.807, 2.05) is 56.9 Å². The number of nitrogens with one attached hydrogen (secondary N) is 1. The molecule has 0 saturated heterocycles. The lowest BCUT2D eigenvalue weighted by atomic mass is 9.94. The third-order valence-electron chi connectivity index (χ3n) is 5.77. The molecule has 6 heteroatoms. The van der Waals surface area contributed by atoms with Gasteiger partial charge < -0.3 is 15.0 Å². The fourth-order valence-corrected chi connectivity index (χ4v) is 4.03. The summed E-state index contributed by atoms with van der Waals surface area (Å²) in [6, 6.07) is 11.7. The topological polar surface area (TPSA) is 41.6 Å². The van der Waals surface area contributed by atoms with Gasteiger partial charge in [0.15, 0.2) is 5.75 Å². The molecule has 30 heavy (non-hydrogen) atoms. The number of fused-ring (bicyclic) bond motifs is 1. The maximum absolute atomic E-state index is 13.2. The average molecular weight is 414 g/mol. The van der Waals surface area contributed by atoms with Crippen LogP contribution < -0.4 is 10.1 Å². The first-order valence-electron chi connectivity index (χ1n) is 10.4. The molecule has 1 aliphatic carbocycles. The van der Waals surface area contributed by atoms with E-state index in [2.05, 4.69) is 5.32 Å². The van der Waals surface area contributed by atoms with Crippen LogP contribution >= 0.6 is 0 Å². The second-order valence-corrected chi connectivity index (χ2v) is 9.25. The number of hydrogen-bond acceptors (Lipinski definition) is 3. The maximum Gasteiger partial charge on any atom is 0.387 e. The van der Waals surface area contributed by atoms with Crippen LogP contribution in [0.4, 0.5) is 14.5 Å². The molecule has 0 aromatic heterocycles. The van der Waals surface area contributed by atoms with Crippen molar-refractivity contribution in [1.29, 1.82) is 0 Å². The highest BCUT2D eigenvalue weighted by Crippen LogP contribution is 2.43. The van der Waals surface area contributed by atoms with Crippen LogP contribution in [0, 0.1) is 5.41 Å². The highest BCUT2D eigenvalue weighted by Gasteiger charge is 2.36. The molecular formula is C24H28F2N2O2. The van der Waals surface area contributed by atoms with Gasteiger partial charge in [0, 0.05) is 23.6 Å². The summed E-state index contributed by atoms with van der Waals surface area (Å²) in [7, 11) is 0. The molecule has 1 fully saturated rings. The van der Waals surface area contributed by atoms with Gasteiger partial charge in [-0.1, -0.05) is 45.0 Å². The molecule has 1 aliphatic heterocycles. The van der Waals surface area contributed by atoms with E-state index in [0.717, 1.165) is 29.5 Å². The van der Waals surface area contributed by atoms with Crippen molar-refractivity contribution in [2.24, 2.45) is 5.41 Å². The van der Waals surface area contributed by atoms with E-state index >= 15 is 0 Å². The number of carbonyl (C=O) groups is 1. The van der Waals surface area contributed by atoms with Gasteiger partial charge in [0.1, 0.15) is 0 Å². The molecule has 2 aromatic carbocycles. The van der Waals surface area contributed by atoms with E-state index in [0.29, 0.717) is 23.8 Å². The van der Waals surface area contributed by atoms with Crippen molar-refractivity contribution in [3.8, 4) is 16.9 Å². The van der Waals surface area contributed by atoms with Crippen LogP contribution in [0.15, 0.2) is 36.4 Å². The molecular weight excluding hydrogens is 386 g/mol. The Morgan fingerprint density at radius 1 is 1.20 bits per heavy atom. The third kappa shape index (κ3) is 4.00. The van der Waals surface area contributed by atoms with E-state index < -0.39 is 12.0 Å². The molecule has 0 unspecified atom stereocenters. The van der Waals surface area contributed by atoms with Crippen molar-refractivity contribution in [1.82, 2.24) is 4.90 Å². The molecule has 1 amide bonds. The molecule has 0 spiro atoms. The standard InChI is InChI=1S/C24H28F2N2O2/c1-14-18-11-8-15(12-16(18)13-28(14)22(29)24(2,3)4)19-6-5-7-20(27-17-9-10-17)21(19)30-23(25)26/h5-8,11-12,14,17,23,27H,9-10,13H2,1-4H3/t14-/m1/s1. The summed E-state index contributed by atoms with van der Waals surface area (Å²) in [6.07, 6.45) is 2.07. The van der Waals surface area contributed by atoms with Crippen molar-refractivity contribution in [3.63, 3.8) is 0 Å². The van der Waals surface area contributed by atoms with Crippen LogP contribution in [0.2, 0.25) is 0 Å². The van der Waals surface area contributed by atoms with Gasteiger partial charge in [-0.05, 0) is 48.6 Å². The van der Waals surface area contributed by atoms with E-state index in [9.17, 15) is 13.6 Å². The first-order chi connectivity index (χ1) is 14.1. The average Bonchev–Trinajstić information content (AvgIpc) is 3.43. The monoisotopic (exact) mass is 414 g/mol. The first kappa shape index (κ1) is 20.6. The lowest BCUT2D eigenvalue weighted by Crippen LogP contribution is -2.37. The predicted molar refractivity (Wildman–Crippen MR) is 114 cm³/mol. The van der Waals surface area contributed by atoms with Gasteiger partial charge in [0.25, 0.3) is 0 Å². The maximum atomic E-state index is 13.2. The molecule has 1 atom stereocenters. The summed E-state index contributed by atoms with van der Waals surface area (Å²) in [6.45, 7) is 5.40. The smallest absolute Gasteiger partial charge is 0.387 e. The number of para-hydroxylation sites is 1. The number of rotatable bonds is 5.